The molecule has 0 aliphatic rings. The summed E-state index contributed by atoms with van der Waals surface area (Å²) in [6, 6.07) is 8.21. The lowest BCUT2D eigenvalue weighted by atomic mass is 10.2. The van der Waals surface area contributed by atoms with Crippen molar-refractivity contribution in [1.29, 1.82) is 0 Å². The van der Waals surface area contributed by atoms with E-state index in [1.54, 1.807) is 0 Å². The van der Waals surface area contributed by atoms with Crippen molar-refractivity contribution in [3.05, 3.63) is 29.8 Å². The van der Waals surface area contributed by atoms with Crippen molar-refractivity contribution >= 4 is 0 Å². The number of hydrogen-bond donors (Lipinski definition) is 0. The quantitative estimate of drug-likeness (QED) is 0.336. The van der Waals surface area contributed by atoms with Crippen LogP contribution in [0.5, 0.6) is 5.75 Å². The summed E-state index contributed by atoms with van der Waals surface area (Å²) < 4.78 is 22.3. The molecule has 4 nitrogen and oxygen atoms in total. The normalized spacial score (nSPS) is 11.0. The second kappa shape index (κ2) is 17.3. The largest absolute Gasteiger partial charge is 0.494 e. The van der Waals surface area contributed by atoms with Crippen molar-refractivity contribution < 1.29 is 18.9 Å². The van der Waals surface area contributed by atoms with E-state index in [1.165, 1.54) is 31.2 Å². The fourth-order valence-corrected chi connectivity index (χ4v) is 2.55. The van der Waals surface area contributed by atoms with Gasteiger partial charge in [-0.15, -0.1) is 0 Å². The van der Waals surface area contributed by atoms with Gasteiger partial charge in [-0.1, -0.05) is 38.3 Å². The van der Waals surface area contributed by atoms with Gasteiger partial charge in [0.25, 0.3) is 0 Å². The summed E-state index contributed by atoms with van der Waals surface area (Å²) in [6.07, 6.45) is 8.19. The van der Waals surface area contributed by atoms with E-state index >= 15 is 0 Å². The Morgan fingerprint density at radius 2 is 1.23 bits per heavy atom. The molecule has 1 aromatic rings. The zero-order valence-electron chi connectivity index (χ0n) is 16.8. The standard InChI is InChI=1S/C22H38O4/c1-3-4-7-13-23-16-18-25-19-17-24-14-8-5-6-9-15-26-22-12-10-11-21(2)20-22/h10-12,20H,3-9,13-19H2,1-2H3. The van der Waals surface area contributed by atoms with E-state index < -0.39 is 0 Å². The van der Waals surface area contributed by atoms with Gasteiger partial charge in [-0.25, -0.2) is 0 Å². The average Bonchev–Trinajstić information content (AvgIpc) is 2.64. The Kier molecular flexibility index (Phi) is 15.3. The highest BCUT2D eigenvalue weighted by Crippen LogP contribution is 2.13. The lowest BCUT2D eigenvalue weighted by Gasteiger charge is -2.08. The SMILES string of the molecule is CCCCCOCCOCCOCCCCCCOc1cccc(C)c1. The minimum atomic E-state index is 0.655. The first-order valence-electron chi connectivity index (χ1n) is 10.3. The number of benzene rings is 1. The molecule has 0 aromatic heterocycles. The fourth-order valence-electron chi connectivity index (χ4n) is 2.55. The van der Waals surface area contributed by atoms with Crippen LogP contribution in [-0.2, 0) is 14.2 Å². The van der Waals surface area contributed by atoms with Crippen LogP contribution < -0.4 is 4.74 Å². The Hall–Kier alpha value is -1.10. The maximum absolute atomic E-state index is 5.75. The molecule has 0 spiro atoms. The van der Waals surface area contributed by atoms with Crippen molar-refractivity contribution in [2.45, 2.75) is 58.8 Å². The third kappa shape index (κ3) is 14.1. The molecule has 1 aromatic carbocycles. The van der Waals surface area contributed by atoms with Gasteiger partial charge >= 0.3 is 0 Å². The van der Waals surface area contributed by atoms with Crippen LogP contribution in [0.4, 0.5) is 0 Å². The Balaban J connectivity index is 1.73. The summed E-state index contributed by atoms with van der Waals surface area (Å²) in [5, 5.41) is 0. The summed E-state index contributed by atoms with van der Waals surface area (Å²) in [5.41, 5.74) is 1.24. The molecule has 0 bridgehead atoms. The minimum Gasteiger partial charge on any atom is -0.494 e. The van der Waals surface area contributed by atoms with E-state index in [4.69, 9.17) is 18.9 Å². The van der Waals surface area contributed by atoms with Crippen molar-refractivity contribution in [3.8, 4) is 5.75 Å². The van der Waals surface area contributed by atoms with Crippen LogP contribution in [-0.4, -0.2) is 46.2 Å². The van der Waals surface area contributed by atoms with Gasteiger partial charge in [-0.05, 0) is 50.3 Å². The topological polar surface area (TPSA) is 36.9 Å². The van der Waals surface area contributed by atoms with Crippen LogP contribution in [0.1, 0.15) is 57.4 Å². The van der Waals surface area contributed by atoms with E-state index in [0.29, 0.717) is 26.4 Å². The number of unbranched alkanes of at least 4 members (excludes halogenated alkanes) is 5. The van der Waals surface area contributed by atoms with Gasteiger partial charge in [0.2, 0.25) is 0 Å². The Labute approximate surface area is 160 Å². The van der Waals surface area contributed by atoms with Gasteiger partial charge in [-0.2, -0.15) is 0 Å². The molecule has 4 heteroatoms. The van der Waals surface area contributed by atoms with Gasteiger partial charge in [0.1, 0.15) is 5.75 Å². The zero-order chi connectivity index (χ0) is 18.7. The van der Waals surface area contributed by atoms with Gasteiger partial charge in [0.15, 0.2) is 0 Å². The monoisotopic (exact) mass is 366 g/mol. The summed E-state index contributed by atoms with van der Waals surface area (Å²) >= 11 is 0. The summed E-state index contributed by atoms with van der Waals surface area (Å²) in [4.78, 5) is 0. The van der Waals surface area contributed by atoms with Crippen LogP contribution in [0.25, 0.3) is 0 Å². The third-order valence-electron chi connectivity index (χ3n) is 4.08. The molecule has 0 radical (unpaired) electrons. The predicted molar refractivity (Wildman–Crippen MR) is 107 cm³/mol. The molecule has 26 heavy (non-hydrogen) atoms. The van der Waals surface area contributed by atoms with Crippen LogP contribution in [0, 0.1) is 6.92 Å². The molecule has 0 saturated carbocycles. The molecule has 0 aliphatic heterocycles. The molecule has 0 amide bonds. The molecule has 0 fully saturated rings. The van der Waals surface area contributed by atoms with Crippen molar-refractivity contribution in [1.82, 2.24) is 0 Å². The summed E-state index contributed by atoms with van der Waals surface area (Å²) in [7, 11) is 0. The fraction of sp³-hybridized carbons (Fsp3) is 0.727. The zero-order valence-corrected chi connectivity index (χ0v) is 16.8. The van der Waals surface area contributed by atoms with Gasteiger partial charge in [-0.3, -0.25) is 0 Å². The lowest BCUT2D eigenvalue weighted by molar-refractivity contribution is 0.0132. The molecule has 0 heterocycles. The van der Waals surface area contributed by atoms with E-state index in [-0.39, 0.29) is 0 Å². The van der Waals surface area contributed by atoms with Crippen LogP contribution >= 0.6 is 0 Å². The van der Waals surface area contributed by atoms with Crippen LogP contribution in [0.15, 0.2) is 24.3 Å². The maximum Gasteiger partial charge on any atom is 0.119 e. The van der Waals surface area contributed by atoms with E-state index in [1.807, 2.05) is 12.1 Å². The highest BCUT2D eigenvalue weighted by atomic mass is 16.5. The average molecular weight is 367 g/mol. The molecule has 0 saturated heterocycles. The maximum atomic E-state index is 5.75. The predicted octanol–water partition coefficient (Wildman–Crippen LogP) is 5.17. The smallest absolute Gasteiger partial charge is 0.119 e. The number of hydrogen-bond acceptors (Lipinski definition) is 4. The summed E-state index contributed by atoms with van der Waals surface area (Å²) in [6.45, 7) is 9.42. The van der Waals surface area contributed by atoms with Crippen LogP contribution in [0.3, 0.4) is 0 Å². The van der Waals surface area contributed by atoms with E-state index in [2.05, 4.69) is 26.0 Å². The first kappa shape index (κ1) is 22.9. The number of ether oxygens (including phenoxy) is 4. The van der Waals surface area contributed by atoms with Crippen molar-refractivity contribution in [2.24, 2.45) is 0 Å². The second-order valence-corrected chi connectivity index (χ2v) is 6.62. The molecular weight excluding hydrogens is 328 g/mol. The molecule has 1 rings (SSSR count). The Morgan fingerprint density at radius 3 is 1.85 bits per heavy atom. The van der Waals surface area contributed by atoms with Crippen molar-refractivity contribution in [2.75, 3.05) is 46.2 Å². The molecular formula is C22H38O4. The second-order valence-electron chi connectivity index (χ2n) is 6.62. The molecule has 0 atom stereocenters. The van der Waals surface area contributed by atoms with Gasteiger partial charge in [0, 0.05) is 13.2 Å². The summed E-state index contributed by atoms with van der Waals surface area (Å²) in [5.74, 6) is 0.972. The lowest BCUT2D eigenvalue weighted by Crippen LogP contribution is -2.10. The Morgan fingerprint density at radius 1 is 0.654 bits per heavy atom. The van der Waals surface area contributed by atoms with Gasteiger partial charge in [0.05, 0.1) is 33.0 Å². The first-order chi connectivity index (χ1) is 12.8. The number of rotatable bonds is 18. The van der Waals surface area contributed by atoms with E-state index in [0.717, 1.165) is 44.8 Å². The van der Waals surface area contributed by atoms with Crippen LogP contribution in [0.2, 0.25) is 0 Å². The molecule has 150 valence electrons. The molecule has 0 N–H and O–H groups in total. The highest BCUT2D eigenvalue weighted by Gasteiger charge is 1.96. The van der Waals surface area contributed by atoms with Crippen molar-refractivity contribution in [3.63, 3.8) is 0 Å². The number of aryl methyl sites for hydroxylation is 1. The molecule has 0 unspecified atom stereocenters. The minimum absolute atomic E-state index is 0.655. The Bertz CT molecular complexity index is 422. The van der Waals surface area contributed by atoms with Gasteiger partial charge < -0.3 is 18.9 Å². The highest BCUT2D eigenvalue weighted by molar-refractivity contribution is 5.27. The third-order valence-corrected chi connectivity index (χ3v) is 4.08. The first-order valence-corrected chi connectivity index (χ1v) is 10.3. The molecule has 0 aliphatic carbocycles. The van der Waals surface area contributed by atoms with E-state index in [9.17, 15) is 0 Å².